The van der Waals surface area contributed by atoms with Gasteiger partial charge in [0, 0.05) is 17.3 Å². The predicted octanol–water partition coefficient (Wildman–Crippen LogP) is 4.81. The van der Waals surface area contributed by atoms with Gasteiger partial charge in [-0.1, -0.05) is 43.7 Å². The first-order chi connectivity index (χ1) is 8.74. The van der Waals surface area contributed by atoms with Crippen LogP contribution in [-0.4, -0.2) is 6.54 Å². The molecule has 0 bridgehead atoms. The number of benzene rings is 1. The third kappa shape index (κ3) is 2.38. The van der Waals surface area contributed by atoms with Crippen LogP contribution < -0.4 is 5.32 Å². The van der Waals surface area contributed by atoms with Gasteiger partial charge in [-0.15, -0.1) is 0 Å². The first-order valence-corrected chi connectivity index (χ1v) is 7.65. The van der Waals surface area contributed by atoms with Crippen molar-refractivity contribution in [1.82, 2.24) is 0 Å². The normalized spacial score (nSPS) is 24.4. The largest absolute Gasteiger partial charge is 0.384 e. The molecule has 1 aliphatic carbocycles. The molecule has 0 amide bonds. The quantitative estimate of drug-likeness (QED) is 0.767. The Balaban J connectivity index is 1.79. The molecule has 1 fully saturated rings. The summed E-state index contributed by atoms with van der Waals surface area (Å²) in [6.07, 6.45) is 8.39. The highest BCUT2D eigenvalue weighted by atomic mass is 35.5. The molecule has 1 atom stereocenters. The van der Waals surface area contributed by atoms with Gasteiger partial charge in [-0.3, -0.25) is 0 Å². The van der Waals surface area contributed by atoms with Crippen LogP contribution in [0.5, 0.6) is 0 Å². The molecule has 0 aromatic heterocycles. The molecule has 18 heavy (non-hydrogen) atoms. The molecule has 1 aromatic rings. The molecule has 1 aliphatic heterocycles. The first kappa shape index (κ1) is 12.3. The highest BCUT2D eigenvalue weighted by Crippen LogP contribution is 2.37. The van der Waals surface area contributed by atoms with Crippen molar-refractivity contribution in [3.05, 3.63) is 28.3 Å². The van der Waals surface area contributed by atoms with Crippen molar-refractivity contribution in [3.8, 4) is 0 Å². The molecule has 0 saturated heterocycles. The van der Waals surface area contributed by atoms with Crippen LogP contribution in [0.4, 0.5) is 5.69 Å². The van der Waals surface area contributed by atoms with E-state index in [-0.39, 0.29) is 0 Å². The fourth-order valence-corrected chi connectivity index (χ4v) is 4.05. The minimum Gasteiger partial charge on any atom is -0.384 e. The van der Waals surface area contributed by atoms with Crippen LogP contribution in [0.2, 0.25) is 5.02 Å². The van der Waals surface area contributed by atoms with Crippen LogP contribution in [0.25, 0.3) is 0 Å². The fraction of sp³-hybridized carbons (Fsp3) is 0.625. The molecule has 2 aliphatic rings. The van der Waals surface area contributed by atoms with E-state index in [1.54, 1.807) is 0 Å². The van der Waals surface area contributed by atoms with Gasteiger partial charge in [-0.2, -0.15) is 0 Å². The standard InChI is InChI=1S/C16H22ClN/c1-11-7-15(17)9-13-8-14(10-18-16(11)13)12-5-3-2-4-6-12/h7,9,12,14,18H,2-6,8,10H2,1H3. The average molecular weight is 264 g/mol. The van der Waals surface area contributed by atoms with E-state index in [2.05, 4.69) is 24.4 Å². The summed E-state index contributed by atoms with van der Waals surface area (Å²) in [6, 6.07) is 4.22. The van der Waals surface area contributed by atoms with Crippen molar-refractivity contribution >= 4 is 17.3 Å². The van der Waals surface area contributed by atoms with Gasteiger partial charge in [0.25, 0.3) is 0 Å². The van der Waals surface area contributed by atoms with E-state index in [0.717, 1.165) is 23.4 Å². The van der Waals surface area contributed by atoms with Gasteiger partial charge < -0.3 is 5.32 Å². The zero-order chi connectivity index (χ0) is 12.5. The Labute approximate surface area is 115 Å². The molecule has 98 valence electrons. The number of nitrogens with one attached hydrogen (secondary N) is 1. The van der Waals surface area contributed by atoms with Crippen LogP contribution in [-0.2, 0) is 6.42 Å². The van der Waals surface area contributed by atoms with Crippen molar-refractivity contribution in [3.63, 3.8) is 0 Å². The molecule has 1 heterocycles. The van der Waals surface area contributed by atoms with Crippen molar-refractivity contribution < 1.29 is 0 Å². The smallest absolute Gasteiger partial charge is 0.0412 e. The number of rotatable bonds is 1. The highest BCUT2D eigenvalue weighted by Gasteiger charge is 2.27. The van der Waals surface area contributed by atoms with E-state index in [4.69, 9.17) is 11.6 Å². The van der Waals surface area contributed by atoms with E-state index >= 15 is 0 Å². The van der Waals surface area contributed by atoms with Gasteiger partial charge in [0.15, 0.2) is 0 Å². The molecule has 0 spiro atoms. The van der Waals surface area contributed by atoms with Crippen LogP contribution in [0, 0.1) is 18.8 Å². The Morgan fingerprint density at radius 1 is 1.11 bits per heavy atom. The SMILES string of the molecule is Cc1cc(Cl)cc2c1NCC(C1CCCCC1)C2. The molecule has 0 radical (unpaired) electrons. The van der Waals surface area contributed by atoms with Crippen molar-refractivity contribution in [1.29, 1.82) is 0 Å². The average Bonchev–Trinajstić information content (AvgIpc) is 2.39. The Bertz CT molecular complexity index is 435. The predicted molar refractivity (Wildman–Crippen MR) is 78.4 cm³/mol. The third-order valence-electron chi connectivity index (χ3n) is 4.72. The van der Waals surface area contributed by atoms with Crippen LogP contribution in [0.15, 0.2) is 12.1 Å². The Kier molecular flexibility index (Phi) is 3.52. The van der Waals surface area contributed by atoms with Crippen molar-refractivity contribution in [2.24, 2.45) is 11.8 Å². The minimum atomic E-state index is 0.815. The monoisotopic (exact) mass is 263 g/mol. The summed E-state index contributed by atoms with van der Waals surface area (Å²) in [5.74, 6) is 1.74. The molecule has 1 N–H and O–H groups in total. The lowest BCUT2D eigenvalue weighted by atomic mass is 9.75. The van der Waals surface area contributed by atoms with Crippen LogP contribution in [0.3, 0.4) is 0 Å². The Morgan fingerprint density at radius 2 is 1.89 bits per heavy atom. The summed E-state index contributed by atoms with van der Waals surface area (Å²) in [6.45, 7) is 3.30. The van der Waals surface area contributed by atoms with E-state index in [9.17, 15) is 0 Å². The summed E-state index contributed by atoms with van der Waals surface area (Å²) in [5, 5.41) is 4.53. The van der Waals surface area contributed by atoms with Crippen molar-refractivity contribution in [2.75, 3.05) is 11.9 Å². The van der Waals surface area contributed by atoms with Crippen LogP contribution >= 0.6 is 11.6 Å². The van der Waals surface area contributed by atoms with Gasteiger partial charge in [-0.25, -0.2) is 0 Å². The minimum absolute atomic E-state index is 0.815. The van der Waals surface area contributed by atoms with Gasteiger partial charge in [-0.05, 0) is 48.4 Å². The maximum atomic E-state index is 6.19. The molecule has 1 unspecified atom stereocenters. The Hall–Kier alpha value is -0.690. The maximum Gasteiger partial charge on any atom is 0.0412 e. The lowest BCUT2D eigenvalue weighted by molar-refractivity contribution is 0.252. The van der Waals surface area contributed by atoms with E-state index in [1.807, 2.05) is 0 Å². The first-order valence-electron chi connectivity index (χ1n) is 7.27. The van der Waals surface area contributed by atoms with E-state index < -0.39 is 0 Å². The molecular formula is C16H22ClN. The van der Waals surface area contributed by atoms with Gasteiger partial charge in [0.2, 0.25) is 0 Å². The summed E-state index contributed by atoms with van der Waals surface area (Å²) in [4.78, 5) is 0. The second-order valence-corrected chi connectivity index (χ2v) is 6.44. The molecule has 2 heteroatoms. The zero-order valence-corrected chi connectivity index (χ0v) is 11.9. The highest BCUT2D eigenvalue weighted by molar-refractivity contribution is 6.30. The van der Waals surface area contributed by atoms with Crippen molar-refractivity contribution in [2.45, 2.75) is 45.4 Å². The molecular weight excluding hydrogens is 242 g/mol. The number of halogens is 1. The number of fused-ring (bicyclic) bond motifs is 1. The van der Waals surface area contributed by atoms with Gasteiger partial charge in [0.1, 0.15) is 0 Å². The topological polar surface area (TPSA) is 12.0 Å². The lowest BCUT2D eigenvalue weighted by Crippen LogP contribution is -2.31. The van der Waals surface area contributed by atoms with Gasteiger partial charge >= 0.3 is 0 Å². The lowest BCUT2D eigenvalue weighted by Gasteiger charge is -2.35. The number of hydrogen-bond acceptors (Lipinski definition) is 1. The summed E-state index contributed by atoms with van der Waals surface area (Å²) in [5.41, 5.74) is 4.06. The van der Waals surface area contributed by atoms with E-state index in [0.29, 0.717) is 0 Å². The second kappa shape index (κ2) is 5.13. The third-order valence-corrected chi connectivity index (χ3v) is 4.94. The number of anilines is 1. The number of hydrogen-bond donors (Lipinski definition) is 1. The zero-order valence-electron chi connectivity index (χ0n) is 11.1. The summed E-state index contributed by atoms with van der Waals surface area (Å²) >= 11 is 6.19. The molecule has 1 saturated carbocycles. The molecule has 3 rings (SSSR count). The number of aryl methyl sites for hydroxylation is 1. The second-order valence-electron chi connectivity index (χ2n) is 6.00. The molecule has 1 aromatic carbocycles. The summed E-state index contributed by atoms with van der Waals surface area (Å²) in [7, 11) is 0. The van der Waals surface area contributed by atoms with Crippen LogP contribution in [0.1, 0.15) is 43.2 Å². The summed E-state index contributed by atoms with van der Waals surface area (Å²) < 4.78 is 0. The molecule has 1 nitrogen and oxygen atoms in total. The van der Waals surface area contributed by atoms with E-state index in [1.165, 1.54) is 55.3 Å². The van der Waals surface area contributed by atoms with Gasteiger partial charge in [0.05, 0.1) is 0 Å². The fourth-order valence-electron chi connectivity index (χ4n) is 3.75. The Morgan fingerprint density at radius 3 is 2.67 bits per heavy atom. The maximum absolute atomic E-state index is 6.19.